The van der Waals surface area contributed by atoms with E-state index < -0.39 is 0 Å². The summed E-state index contributed by atoms with van der Waals surface area (Å²) in [7, 11) is 0. The standard InChI is InChI=1S/C13H10ClIN2O/c14-9-4-5-11(16)12(7-9)17-13(18)8-2-1-3-10(15)6-8/h1-7H,16H2,(H,17,18). The third kappa shape index (κ3) is 3.14. The molecular weight excluding hydrogens is 363 g/mol. The number of nitrogens with one attached hydrogen (secondary N) is 1. The van der Waals surface area contributed by atoms with E-state index in [0.717, 1.165) is 3.57 Å². The molecular formula is C13H10ClIN2O. The van der Waals surface area contributed by atoms with Crippen LogP contribution < -0.4 is 11.1 Å². The first-order chi connectivity index (χ1) is 8.56. The highest BCUT2D eigenvalue weighted by molar-refractivity contribution is 14.1. The highest BCUT2D eigenvalue weighted by atomic mass is 127. The summed E-state index contributed by atoms with van der Waals surface area (Å²) in [6.45, 7) is 0. The molecule has 0 radical (unpaired) electrons. The van der Waals surface area contributed by atoms with E-state index in [2.05, 4.69) is 27.9 Å². The van der Waals surface area contributed by atoms with Gasteiger partial charge in [-0.3, -0.25) is 4.79 Å². The van der Waals surface area contributed by atoms with Gasteiger partial charge >= 0.3 is 0 Å². The van der Waals surface area contributed by atoms with Gasteiger partial charge < -0.3 is 11.1 Å². The van der Waals surface area contributed by atoms with Crippen LogP contribution in [0.1, 0.15) is 10.4 Å². The second-order valence-corrected chi connectivity index (χ2v) is 5.38. The number of hydrogen-bond acceptors (Lipinski definition) is 2. The van der Waals surface area contributed by atoms with Crippen molar-refractivity contribution >= 4 is 51.5 Å². The third-order valence-corrected chi connectivity index (χ3v) is 3.26. The van der Waals surface area contributed by atoms with E-state index in [0.29, 0.717) is 22.0 Å². The molecule has 92 valence electrons. The molecule has 0 saturated carbocycles. The quantitative estimate of drug-likeness (QED) is 0.623. The molecule has 0 aliphatic rings. The molecule has 0 aliphatic carbocycles. The Balaban J connectivity index is 2.24. The normalized spacial score (nSPS) is 10.1. The molecule has 2 rings (SSSR count). The number of nitrogen functional groups attached to an aromatic ring is 1. The van der Waals surface area contributed by atoms with Gasteiger partial charge in [0.1, 0.15) is 0 Å². The van der Waals surface area contributed by atoms with Crippen molar-refractivity contribution in [3.05, 3.63) is 56.6 Å². The van der Waals surface area contributed by atoms with E-state index in [1.807, 2.05) is 12.1 Å². The fourth-order valence-electron chi connectivity index (χ4n) is 1.46. The minimum atomic E-state index is -0.206. The van der Waals surface area contributed by atoms with Crippen molar-refractivity contribution < 1.29 is 4.79 Å². The number of nitrogens with two attached hydrogens (primary N) is 1. The monoisotopic (exact) mass is 372 g/mol. The van der Waals surface area contributed by atoms with Crippen LogP contribution in [-0.2, 0) is 0 Å². The number of carbonyl (C=O) groups is 1. The van der Waals surface area contributed by atoms with Crippen LogP contribution in [-0.4, -0.2) is 5.91 Å². The molecule has 0 spiro atoms. The maximum absolute atomic E-state index is 12.0. The predicted octanol–water partition coefficient (Wildman–Crippen LogP) is 3.78. The van der Waals surface area contributed by atoms with Crippen LogP contribution in [0.5, 0.6) is 0 Å². The summed E-state index contributed by atoms with van der Waals surface area (Å²) in [5, 5.41) is 3.27. The Kier molecular flexibility index (Phi) is 4.08. The number of rotatable bonds is 2. The zero-order valence-corrected chi connectivity index (χ0v) is 12.2. The Bertz CT molecular complexity index is 601. The summed E-state index contributed by atoms with van der Waals surface area (Å²) in [6.07, 6.45) is 0. The molecule has 0 aliphatic heterocycles. The summed E-state index contributed by atoms with van der Waals surface area (Å²) in [6, 6.07) is 12.3. The Morgan fingerprint density at radius 1 is 1.22 bits per heavy atom. The molecule has 0 bridgehead atoms. The molecule has 3 nitrogen and oxygen atoms in total. The predicted molar refractivity (Wildman–Crippen MR) is 83.0 cm³/mol. The van der Waals surface area contributed by atoms with Gasteiger partial charge in [0, 0.05) is 14.2 Å². The van der Waals surface area contributed by atoms with Crippen molar-refractivity contribution in [2.75, 3.05) is 11.1 Å². The van der Waals surface area contributed by atoms with Crippen molar-refractivity contribution in [2.24, 2.45) is 0 Å². The van der Waals surface area contributed by atoms with E-state index in [1.54, 1.807) is 30.3 Å². The van der Waals surface area contributed by atoms with Gasteiger partial charge in [-0.05, 0) is 59.0 Å². The average molecular weight is 373 g/mol. The minimum Gasteiger partial charge on any atom is -0.397 e. The summed E-state index contributed by atoms with van der Waals surface area (Å²) in [5.74, 6) is -0.206. The fraction of sp³-hybridized carbons (Fsp3) is 0. The molecule has 0 heterocycles. The first-order valence-electron chi connectivity index (χ1n) is 5.18. The molecule has 1 amide bonds. The van der Waals surface area contributed by atoms with Crippen molar-refractivity contribution in [1.29, 1.82) is 0 Å². The van der Waals surface area contributed by atoms with Crippen LogP contribution in [0.2, 0.25) is 5.02 Å². The zero-order chi connectivity index (χ0) is 13.1. The van der Waals surface area contributed by atoms with E-state index in [4.69, 9.17) is 17.3 Å². The number of benzene rings is 2. The SMILES string of the molecule is Nc1ccc(Cl)cc1NC(=O)c1cccc(I)c1. The first kappa shape index (κ1) is 13.2. The highest BCUT2D eigenvalue weighted by Gasteiger charge is 2.08. The first-order valence-corrected chi connectivity index (χ1v) is 6.64. The van der Waals surface area contributed by atoms with Crippen LogP contribution in [0, 0.1) is 3.57 Å². The van der Waals surface area contributed by atoms with Gasteiger partial charge in [-0.2, -0.15) is 0 Å². The Morgan fingerprint density at radius 3 is 2.72 bits per heavy atom. The van der Waals surface area contributed by atoms with E-state index in [1.165, 1.54) is 0 Å². The average Bonchev–Trinajstić information content (AvgIpc) is 2.34. The topological polar surface area (TPSA) is 55.1 Å². The van der Waals surface area contributed by atoms with Crippen molar-refractivity contribution in [3.63, 3.8) is 0 Å². The second-order valence-electron chi connectivity index (χ2n) is 3.70. The van der Waals surface area contributed by atoms with Gasteiger partial charge in [-0.1, -0.05) is 17.7 Å². The second kappa shape index (κ2) is 5.58. The van der Waals surface area contributed by atoms with Crippen molar-refractivity contribution in [3.8, 4) is 0 Å². The Labute approximate surface area is 123 Å². The summed E-state index contributed by atoms with van der Waals surface area (Å²) in [4.78, 5) is 12.0. The molecule has 0 unspecified atom stereocenters. The zero-order valence-electron chi connectivity index (χ0n) is 9.28. The summed E-state index contributed by atoms with van der Waals surface area (Å²) in [5.41, 5.74) is 7.36. The maximum atomic E-state index is 12.0. The van der Waals surface area contributed by atoms with Crippen LogP contribution in [0.15, 0.2) is 42.5 Å². The maximum Gasteiger partial charge on any atom is 0.255 e. The molecule has 0 atom stereocenters. The smallest absolute Gasteiger partial charge is 0.255 e. The van der Waals surface area contributed by atoms with Gasteiger partial charge in [0.2, 0.25) is 0 Å². The van der Waals surface area contributed by atoms with Gasteiger partial charge in [0.05, 0.1) is 11.4 Å². The van der Waals surface area contributed by atoms with Crippen LogP contribution in [0.25, 0.3) is 0 Å². The molecule has 2 aromatic rings. The van der Waals surface area contributed by atoms with E-state index >= 15 is 0 Å². The number of carbonyl (C=O) groups excluding carboxylic acids is 1. The largest absolute Gasteiger partial charge is 0.397 e. The van der Waals surface area contributed by atoms with Gasteiger partial charge in [-0.15, -0.1) is 0 Å². The van der Waals surface area contributed by atoms with Crippen molar-refractivity contribution in [1.82, 2.24) is 0 Å². The Hall–Kier alpha value is -1.27. The lowest BCUT2D eigenvalue weighted by Gasteiger charge is -2.08. The van der Waals surface area contributed by atoms with Crippen molar-refractivity contribution in [2.45, 2.75) is 0 Å². The summed E-state index contributed by atoms with van der Waals surface area (Å²) < 4.78 is 0.999. The number of hydrogen-bond donors (Lipinski definition) is 2. The lowest BCUT2D eigenvalue weighted by Crippen LogP contribution is -2.13. The van der Waals surface area contributed by atoms with Gasteiger partial charge in [0.15, 0.2) is 0 Å². The minimum absolute atomic E-state index is 0.206. The summed E-state index contributed by atoms with van der Waals surface area (Å²) >= 11 is 8.02. The van der Waals surface area contributed by atoms with E-state index in [9.17, 15) is 4.79 Å². The molecule has 2 aromatic carbocycles. The van der Waals surface area contributed by atoms with Crippen LogP contribution >= 0.6 is 34.2 Å². The molecule has 0 fully saturated rings. The van der Waals surface area contributed by atoms with Gasteiger partial charge in [-0.25, -0.2) is 0 Å². The number of halogens is 2. The van der Waals surface area contributed by atoms with Crippen LogP contribution in [0.4, 0.5) is 11.4 Å². The van der Waals surface area contributed by atoms with Crippen LogP contribution in [0.3, 0.4) is 0 Å². The van der Waals surface area contributed by atoms with E-state index in [-0.39, 0.29) is 5.91 Å². The molecule has 0 aromatic heterocycles. The molecule has 18 heavy (non-hydrogen) atoms. The van der Waals surface area contributed by atoms with Gasteiger partial charge in [0.25, 0.3) is 5.91 Å². The Morgan fingerprint density at radius 2 is 2.00 bits per heavy atom. The third-order valence-electron chi connectivity index (χ3n) is 2.35. The number of anilines is 2. The fourth-order valence-corrected chi connectivity index (χ4v) is 2.18. The number of amides is 1. The molecule has 5 heteroatoms. The lowest BCUT2D eigenvalue weighted by atomic mass is 10.2. The molecule has 0 saturated heterocycles. The lowest BCUT2D eigenvalue weighted by molar-refractivity contribution is 0.102. The molecule has 3 N–H and O–H groups in total. The highest BCUT2D eigenvalue weighted by Crippen LogP contribution is 2.23.